The minimum atomic E-state index is -0.690. The van der Waals surface area contributed by atoms with Gasteiger partial charge in [-0.1, -0.05) is 35.9 Å². The Morgan fingerprint density at radius 3 is 2.61 bits per heavy atom. The van der Waals surface area contributed by atoms with Crippen LogP contribution < -0.4 is 5.32 Å². The molecule has 2 rings (SSSR count). The standard InChI is InChI=1S/C17H14ClNO4/c1-23-17(22)12-6-4-8-14(16(12)21)19-15(20)10-9-11-5-2-3-7-13(11)18/h2-10,21H,1H3,(H,19,20)/b10-9+. The second-order valence-electron chi connectivity index (χ2n) is 4.54. The van der Waals surface area contributed by atoms with Gasteiger partial charge in [-0.3, -0.25) is 4.79 Å². The maximum Gasteiger partial charge on any atom is 0.341 e. The quantitative estimate of drug-likeness (QED) is 0.511. The van der Waals surface area contributed by atoms with Crippen molar-refractivity contribution in [1.82, 2.24) is 0 Å². The average molecular weight is 332 g/mol. The molecule has 2 aromatic rings. The molecule has 0 saturated heterocycles. The first-order valence-corrected chi connectivity index (χ1v) is 7.04. The minimum Gasteiger partial charge on any atom is -0.505 e. The molecule has 0 saturated carbocycles. The summed E-state index contributed by atoms with van der Waals surface area (Å²) in [6, 6.07) is 11.5. The van der Waals surface area contributed by atoms with E-state index >= 15 is 0 Å². The van der Waals surface area contributed by atoms with E-state index in [0.29, 0.717) is 10.6 Å². The number of methoxy groups -OCH3 is 1. The summed E-state index contributed by atoms with van der Waals surface area (Å²) in [6.07, 6.45) is 2.84. The van der Waals surface area contributed by atoms with Crippen molar-refractivity contribution in [3.05, 3.63) is 64.7 Å². The number of halogens is 1. The minimum absolute atomic E-state index is 0.0274. The number of esters is 1. The molecule has 6 heteroatoms. The molecule has 0 atom stereocenters. The van der Waals surface area contributed by atoms with Crippen LogP contribution in [0.4, 0.5) is 5.69 Å². The Morgan fingerprint density at radius 2 is 1.91 bits per heavy atom. The molecule has 1 amide bonds. The predicted molar refractivity (Wildman–Crippen MR) is 88.6 cm³/mol. The van der Waals surface area contributed by atoms with Crippen LogP contribution >= 0.6 is 11.6 Å². The molecule has 5 nitrogen and oxygen atoms in total. The van der Waals surface area contributed by atoms with E-state index in [1.165, 1.54) is 31.4 Å². The zero-order valence-electron chi connectivity index (χ0n) is 12.2. The van der Waals surface area contributed by atoms with Gasteiger partial charge in [-0.2, -0.15) is 0 Å². The molecule has 0 radical (unpaired) electrons. The fourth-order valence-corrected chi connectivity index (χ4v) is 2.07. The molecule has 0 aliphatic carbocycles. The highest BCUT2D eigenvalue weighted by Gasteiger charge is 2.15. The van der Waals surface area contributed by atoms with Gasteiger partial charge in [0.15, 0.2) is 5.75 Å². The highest BCUT2D eigenvalue weighted by Crippen LogP contribution is 2.28. The van der Waals surface area contributed by atoms with Gasteiger partial charge < -0.3 is 15.2 Å². The van der Waals surface area contributed by atoms with E-state index in [1.807, 2.05) is 0 Å². The molecular weight excluding hydrogens is 318 g/mol. The molecule has 0 heterocycles. The summed E-state index contributed by atoms with van der Waals surface area (Å²) in [4.78, 5) is 23.4. The number of aromatic hydroxyl groups is 1. The average Bonchev–Trinajstić information content (AvgIpc) is 2.55. The molecule has 0 unspecified atom stereocenters. The molecule has 0 fully saturated rings. The third kappa shape index (κ3) is 4.11. The number of para-hydroxylation sites is 1. The van der Waals surface area contributed by atoms with Crippen molar-refractivity contribution < 1.29 is 19.4 Å². The van der Waals surface area contributed by atoms with E-state index in [4.69, 9.17) is 11.6 Å². The first kappa shape index (κ1) is 16.6. The van der Waals surface area contributed by atoms with Crippen LogP contribution in [0.5, 0.6) is 5.75 Å². The van der Waals surface area contributed by atoms with Gasteiger partial charge in [-0.25, -0.2) is 4.79 Å². The lowest BCUT2D eigenvalue weighted by molar-refractivity contribution is -0.111. The molecule has 2 aromatic carbocycles. The lowest BCUT2D eigenvalue weighted by Crippen LogP contribution is -2.10. The summed E-state index contributed by atoms with van der Waals surface area (Å²) >= 11 is 5.99. The Hall–Kier alpha value is -2.79. The number of phenolic OH excluding ortho intramolecular Hbond substituents is 1. The van der Waals surface area contributed by atoms with E-state index < -0.39 is 11.9 Å². The van der Waals surface area contributed by atoms with Crippen LogP contribution in [-0.2, 0) is 9.53 Å². The summed E-state index contributed by atoms with van der Waals surface area (Å²) < 4.78 is 4.56. The number of nitrogens with one attached hydrogen (secondary N) is 1. The summed E-state index contributed by atoms with van der Waals surface area (Å²) in [5, 5.41) is 13.0. The number of anilines is 1. The summed E-state index contributed by atoms with van der Waals surface area (Å²) in [6.45, 7) is 0. The van der Waals surface area contributed by atoms with Gasteiger partial charge in [0, 0.05) is 11.1 Å². The van der Waals surface area contributed by atoms with E-state index in [1.54, 1.807) is 30.3 Å². The molecule has 23 heavy (non-hydrogen) atoms. The van der Waals surface area contributed by atoms with Crippen molar-refractivity contribution >= 4 is 35.2 Å². The Labute approximate surface area is 138 Å². The second kappa shape index (κ2) is 7.47. The fourth-order valence-electron chi connectivity index (χ4n) is 1.87. The Kier molecular flexibility index (Phi) is 5.38. The second-order valence-corrected chi connectivity index (χ2v) is 4.94. The van der Waals surface area contributed by atoms with Gasteiger partial charge in [-0.05, 0) is 29.8 Å². The Morgan fingerprint density at radius 1 is 1.17 bits per heavy atom. The Bertz CT molecular complexity index is 771. The van der Waals surface area contributed by atoms with Crippen molar-refractivity contribution in [3.63, 3.8) is 0 Å². The summed E-state index contributed by atoms with van der Waals surface area (Å²) in [5.41, 5.74) is 0.777. The first-order chi connectivity index (χ1) is 11.0. The van der Waals surface area contributed by atoms with Crippen LogP contribution in [-0.4, -0.2) is 24.1 Å². The van der Waals surface area contributed by atoms with Crippen LogP contribution in [0.25, 0.3) is 6.08 Å². The smallest absolute Gasteiger partial charge is 0.341 e. The lowest BCUT2D eigenvalue weighted by Gasteiger charge is -2.08. The van der Waals surface area contributed by atoms with Gasteiger partial charge in [0.2, 0.25) is 5.91 Å². The number of carbonyl (C=O) groups excluding carboxylic acids is 2. The highest BCUT2D eigenvalue weighted by atomic mass is 35.5. The maximum atomic E-state index is 11.9. The molecule has 0 aromatic heterocycles. The molecule has 0 bridgehead atoms. The van der Waals surface area contributed by atoms with Crippen molar-refractivity contribution in [1.29, 1.82) is 0 Å². The number of ether oxygens (including phenoxy) is 1. The monoisotopic (exact) mass is 331 g/mol. The Balaban J connectivity index is 2.15. The van der Waals surface area contributed by atoms with Gasteiger partial charge in [0.25, 0.3) is 0 Å². The van der Waals surface area contributed by atoms with E-state index in [-0.39, 0.29) is 17.0 Å². The van der Waals surface area contributed by atoms with Crippen molar-refractivity contribution in [2.24, 2.45) is 0 Å². The first-order valence-electron chi connectivity index (χ1n) is 6.67. The zero-order valence-corrected chi connectivity index (χ0v) is 13.0. The van der Waals surface area contributed by atoms with Crippen LogP contribution in [0.15, 0.2) is 48.5 Å². The molecule has 2 N–H and O–H groups in total. The summed E-state index contributed by atoms with van der Waals surface area (Å²) in [7, 11) is 1.21. The van der Waals surface area contributed by atoms with Crippen LogP contribution in [0, 0.1) is 0 Å². The zero-order chi connectivity index (χ0) is 16.8. The van der Waals surface area contributed by atoms with Gasteiger partial charge >= 0.3 is 5.97 Å². The largest absolute Gasteiger partial charge is 0.505 e. The van der Waals surface area contributed by atoms with Crippen molar-refractivity contribution in [3.8, 4) is 5.75 Å². The maximum absolute atomic E-state index is 11.9. The lowest BCUT2D eigenvalue weighted by atomic mass is 10.1. The van der Waals surface area contributed by atoms with Gasteiger partial charge in [-0.15, -0.1) is 0 Å². The number of rotatable bonds is 4. The number of hydrogen-bond donors (Lipinski definition) is 2. The number of phenols is 1. The molecule has 0 aliphatic rings. The number of benzene rings is 2. The predicted octanol–water partition coefficient (Wildman–Crippen LogP) is 3.48. The topological polar surface area (TPSA) is 75.6 Å². The van der Waals surface area contributed by atoms with Crippen LogP contribution in [0.1, 0.15) is 15.9 Å². The third-order valence-electron chi connectivity index (χ3n) is 3.02. The van der Waals surface area contributed by atoms with Crippen LogP contribution in [0.3, 0.4) is 0 Å². The number of carbonyl (C=O) groups is 2. The van der Waals surface area contributed by atoms with Crippen molar-refractivity contribution in [2.75, 3.05) is 12.4 Å². The number of hydrogen-bond acceptors (Lipinski definition) is 4. The van der Waals surface area contributed by atoms with Gasteiger partial charge in [0.05, 0.1) is 12.8 Å². The summed E-state index contributed by atoms with van der Waals surface area (Å²) in [5.74, 6) is -1.51. The van der Waals surface area contributed by atoms with E-state index in [9.17, 15) is 14.7 Å². The SMILES string of the molecule is COC(=O)c1cccc(NC(=O)/C=C/c2ccccc2Cl)c1O. The van der Waals surface area contributed by atoms with E-state index in [2.05, 4.69) is 10.1 Å². The third-order valence-corrected chi connectivity index (χ3v) is 3.36. The van der Waals surface area contributed by atoms with Crippen LogP contribution in [0.2, 0.25) is 5.02 Å². The number of amides is 1. The van der Waals surface area contributed by atoms with E-state index in [0.717, 1.165) is 0 Å². The molecule has 0 aliphatic heterocycles. The highest BCUT2D eigenvalue weighted by molar-refractivity contribution is 6.32. The molecule has 118 valence electrons. The normalized spacial score (nSPS) is 10.5. The van der Waals surface area contributed by atoms with Crippen molar-refractivity contribution in [2.45, 2.75) is 0 Å². The van der Waals surface area contributed by atoms with Gasteiger partial charge in [0.1, 0.15) is 5.56 Å². The fraction of sp³-hybridized carbons (Fsp3) is 0.0588. The molecular formula is C17H14ClNO4. The molecule has 0 spiro atoms.